The molecule has 0 spiro atoms. The Morgan fingerprint density at radius 3 is 2.65 bits per heavy atom. The Balaban J connectivity index is 1.78. The molecule has 0 unspecified atom stereocenters. The molecular formula is C20H20ClF3N2O4S. The number of rotatable bonds is 5. The number of hydrogen-bond acceptors (Lipinski definition) is 4. The zero-order valence-electron chi connectivity index (χ0n) is 16.4. The predicted molar refractivity (Wildman–Crippen MR) is 110 cm³/mol. The van der Waals surface area contributed by atoms with E-state index in [0.717, 1.165) is 12.1 Å². The van der Waals surface area contributed by atoms with Gasteiger partial charge < -0.3 is 10.1 Å². The van der Waals surface area contributed by atoms with Gasteiger partial charge in [-0.05, 0) is 49.2 Å². The van der Waals surface area contributed by atoms with Crippen LogP contribution in [0.2, 0.25) is 5.02 Å². The lowest BCUT2D eigenvalue weighted by molar-refractivity contribution is -0.137. The highest BCUT2D eigenvalue weighted by atomic mass is 35.5. The maximum absolute atomic E-state index is 13.1. The fraction of sp³-hybridized carbons (Fsp3) is 0.350. The molecule has 1 aliphatic heterocycles. The third-order valence-electron chi connectivity index (χ3n) is 4.96. The minimum atomic E-state index is -4.54. The van der Waals surface area contributed by atoms with Crippen LogP contribution in [0.4, 0.5) is 18.9 Å². The minimum absolute atomic E-state index is 0.00341. The van der Waals surface area contributed by atoms with Gasteiger partial charge in [-0.3, -0.25) is 4.79 Å². The molecule has 6 nitrogen and oxygen atoms in total. The van der Waals surface area contributed by atoms with Crippen LogP contribution in [0.3, 0.4) is 0 Å². The largest absolute Gasteiger partial charge is 0.495 e. The second-order valence-corrected chi connectivity index (χ2v) is 9.41. The SMILES string of the molecule is COc1ccc(Cl)cc1S(=O)(=O)N1CCC[C@@H](C(=O)Nc2cccc(C(F)(F)F)c2)C1. The first-order chi connectivity index (χ1) is 14.5. The van der Waals surface area contributed by atoms with Crippen LogP contribution in [0.1, 0.15) is 18.4 Å². The normalized spacial score (nSPS) is 17.9. The molecule has 2 aromatic rings. The van der Waals surface area contributed by atoms with Crippen LogP contribution >= 0.6 is 11.6 Å². The monoisotopic (exact) mass is 476 g/mol. The van der Waals surface area contributed by atoms with Crippen molar-refractivity contribution in [3.05, 3.63) is 53.1 Å². The van der Waals surface area contributed by atoms with E-state index in [0.29, 0.717) is 12.8 Å². The van der Waals surface area contributed by atoms with E-state index in [1.807, 2.05) is 0 Å². The number of halogens is 4. The molecule has 3 rings (SSSR count). The fourth-order valence-corrected chi connectivity index (χ4v) is 5.33. The Morgan fingerprint density at radius 2 is 1.97 bits per heavy atom. The van der Waals surface area contributed by atoms with Crippen molar-refractivity contribution in [3.8, 4) is 5.75 Å². The summed E-state index contributed by atoms with van der Waals surface area (Å²) in [5.41, 5.74) is -0.887. The highest BCUT2D eigenvalue weighted by molar-refractivity contribution is 7.89. The summed E-state index contributed by atoms with van der Waals surface area (Å²) in [6.45, 7) is 0.0914. The highest BCUT2D eigenvalue weighted by Crippen LogP contribution is 2.33. The molecule has 31 heavy (non-hydrogen) atoms. The van der Waals surface area contributed by atoms with Gasteiger partial charge in [0.2, 0.25) is 15.9 Å². The number of nitrogens with zero attached hydrogens (tertiary/aromatic N) is 1. The van der Waals surface area contributed by atoms with E-state index in [1.165, 1.54) is 41.7 Å². The molecule has 1 heterocycles. The summed E-state index contributed by atoms with van der Waals surface area (Å²) in [6, 6.07) is 8.51. The zero-order valence-corrected chi connectivity index (χ0v) is 18.0. The minimum Gasteiger partial charge on any atom is -0.495 e. The van der Waals surface area contributed by atoms with Gasteiger partial charge in [-0.1, -0.05) is 17.7 Å². The third kappa shape index (κ3) is 5.31. The molecule has 11 heteroatoms. The molecule has 0 saturated carbocycles. The lowest BCUT2D eigenvalue weighted by atomic mass is 9.98. The first kappa shape index (κ1) is 23.4. The Morgan fingerprint density at radius 1 is 1.23 bits per heavy atom. The van der Waals surface area contributed by atoms with Crippen molar-refractivity contribution in [3.63, 3.8) is 0 Å². The van der Waals surface area contributed by atoms with Crippen LogP contribution in [0.5, 0.6) is 5.75 Å². The molecular weight excluding hydrogens is 457 g/mol. The van der Waals surface area contributed by atoms with E-state index < -0.39 is 33.6 Å². The third-order valence-corrected chi connectivity index (χ3v) is 7.08. The van der Waals surface area contributed by atoms with Gasteiger partial charge in [0.05, 0.1) is 18.6 Å². The smallest absolute Gasteiger partial charge is 0.416 e. The summed E-state index contributed by atoms with van der Waals surface area (Å²) in [4.78, 5) is 12.5. The van der Waals surface area contributed by atoms with Crippen molar-refractivity contribution in [2.45, 2.75) is 23.9 Å². The number of methoxy groups -OCH3 is 1. The molecule has 168 valence electrons. The maximum Gasteiger partial charge on any atom is 0.416 e. The first-order valence-corrected chi connectivity index (χ1v) is 11.2. The van der Waals surface area contributed by atoms with Crippen LogP contribution in [-0.4, -0.2) is 38.8 Å². The van der Waals surface area contributed by atoms with Crippen LogP contribution in [0, 0.1) is 5.92 Å². The Labute approximate surface area is 183 Å². The zero-order chi connectivity index (χ0) is 22.8. The summed E-state index contributed by atoms with van der Waals surface area (Å²) in [6.07, 6.45) is -3.71. The standard InChI is InChI=1S/C20H20ClF3N2O4S/c1-30-17-8-7-15(21)11-18(17)31(28,29)26-9-3-4-13(12-26)19(27)25-16-6-2-5-14(10-16)20(22,23)24/h2,5-8,10-11,13H,3-4,9,12H2,1H3,(H,25,27)/t13-/m1/s1. The second kappa shape index (κ2) is 9.05. The van der Waals surface area contributed by atoms with Crippen molar-refractivity contribution in [1.29, 1.82) is 0 Å². The molecule has 0 aliphatic carbocycles. The molecule has 0 bridgehead atoms. The number of piperidine rings is 1. The van der Waals surface area contributed by atoms with Gasteiger partial charge in [0, 0.05) is 23.8 Å². The van der Waals surface area contributed by atoms with Crippen molar-refractivity contribution in [2.75, 3.05) is 25.5 Å². The summed E-state index contributed by atoms with van der Waals surface area (Å²) in [5, 5.41) is 2.68. The quantitative estimate of drug-likeness (QED) is 0.693. The van der Waals surface area contributed by atoms with E-state index in [1.54, 1.807) is 0 Å². The van der Waals surface area contributed by atoms with E-state index >= 15 is 0 Å². The van der Waals surface area contributed by atoms with E-state index in [2.05, 4.69) is 5.32 Å². The van der Waals surface area contributed by atoms with Gasteiger partial charge in [0.25, 0.3) is 0 Å². The number of anilines is 1. The van der Waals surface area contributed by atoms with E-state index in [9.17, 15) is 26.4 Å². The number of hydrogen-bond donors (Lipinski definition) is 1. The molecule has 1 saturated heterocycles. The topological polar surface area (TPSA) is 75.7 Å². The Hall–Kier alpha value is -2.30. The summed E-state index contributed by atoms with van der Waals surface area (Å²) < 4.78 is 71.2. The van der Waals surface area contributed by atoms with Crippen molar-refractivity contribution in [2.24, 2.45) is 5.92 Å². The van der Waals surface area contributed by atoms with Gasteiger partial charge in [-0.25, -0.2) is 8.42 Å². The van der Waals surface area contributed by atoms with Gasteiger partial charge in [-0.2, -0.15) is 17.5 Å². The highest BCUT2D eigenvalue weighted by Gasteiger charge is 2.35. The lowest BCUT2D eigenvalue weighted by Crippen LogP contribution is -2.43. The average molecular weight is 477 g/mol. The van der Waals surface area contributed by atoms with E-state index in [4.69, 9.17) is 16.3 Å². The number of amides is 1. The van der Waals surface area contributed by atoms with Gasteiger partial charge in [-0.15, -0.1) is 0 Å². The summed E-state index contributed by atoms with van der Waals surface area (Å²) in [7, 11) is -2.66. The molecule has 2 aromatic carbocycles. The molecule has 0 aromatic heterocycles. The summed E-state index contributed by atoms with van der Waals surface area (Å²) >= 11 is 5.95. The number of benzene rings is 2. The number of sulfonamides is 1. The van der Waals surface area contributed by atoms with E-state index in [-0.39, 0.29) is 34.4 Å². The van der Waals surface area contributed by atoms with Gasteiger partial charge in [0.15, 0.2) is 0 Å². The van der Waals surface area contributed by atoms with Crippen LogP contribution in [0.25, 0.3) is 0 Å². The average Bonchev–Trinajstić information content (AvgIpc) is 2.73. The number of nitrogens with one attached hydrogen (secondary N) is 1. The second-order valence-electron chi connectivity index (χ2n) is 7.07. The van der Waals surface area contributed by atoms with Crippen LogP contribution < -0.4 is 10.1 Å². The first-order valence-electron chi connectivity index (χ1n) is 9.34. The molecule has 1 amide bonds. The van der Waals surface area contributed by atoms with Gasteiger partial charge >= 0.3 is 6.18 Å². The predicted octanol–water partition coefficient (Wildman–Crippen LogP) is 4.41. The number of ether oxygens (including phenoxy) is 1. The number of alkyl halides is 3. The Kier molecular flexibility index (Phi) is 6.82. The Bertz CT molecular complexity index is 1080. The molecule has 1 N–H and O–H groups in total. The summed E-state index contributed by atoms with van der Waals surface area (Å²) in [5.74, 6) is -1.14. The van der Waals surface area contributed by atoms with Gasteiger partial charge in [0.1, 0.15) is 10.6 Å². The number of carbonyl (C=O) groups excluding carboxylic acids is 1. The fourth-order valence-electron chi connectivity index (χ4n) is 3.38. The molecule has 0 radical (unpaired) electrons. The lowest BCUT2D eigenvalue weighted by Gasteiger charge is -2.31. The maximum atomic E-state index is 13.1. The van der Waals surface area contributed by atoms with Crippen molar-refractivity contribution < 1.29 is 31.1 Å². The number of carbonyl (C=O) groups is 1. The van der Waals surface area contributed by atoms with Crippen molar-refractivity contribution in [1.82, 2.24) is 4.31 Å². The molecule has 1 aliphatic rings. The van der Waals surface area contributed by atoms with Crippen LogP contribution in [0.15, 0.2) is 47.4 Å². The van der Waals surface area contributed by atoms with Crippen molar-refractivity contribution >= 4 is 33.2 Å². The van der Waals surface area contributed by atoms with Crippen LogP contribution in [-0.2, 0) is 21.0 Å². The molecule has 1 fully saturated rings. The molecule has 1 atom stereocenters.